The largest absolute Gasteiger partial charge is 0.491 e. The number of para-hydroxylation sites is 1. The summed E-state index contributed by atoms with van der Waals surface area (Å²) in [5, 5.41) is 5.98. The molecule has 0 aliphatic rings. The smallest absolute Gasteiger partial charge is 0.309 e. The fourth-order valence-corrected chi connectivity index (χ4v) is 3.71. The van der Waals surface area contributed by atoms with E-state index in [-0.39, 0.29) is 13.2 Å². The van der Waals surface area contributed by atoms with E-state index in [1.165, 1.54) is 0 Å². The zero-order chi connectivity index (χ0) is 23.2. The molecule has 1 atom stereocenters. The minimum absolute atomic E-state index is 0.113. The summed E-state index contributed by atoms with van der Waals surface area (Å²) in [6, 6.07) is 20.0. The van der Waals surface area contributed by atoms with Gasteiger partial charge in [0, 0.05) is 12.4 Å². The predicted octanol–water partition coefficient (Wildman–Crippen LogP) is 3.85. The third-order valence-electron chi connectivity index (χ3n) is 5.06. The van der Waals surface area contributed by atoms with E-state index >= 15 is 0 Å². The van der Waals surface area contributed by atoms with Crippen molar-refractivity contribution in [3.05, 3.63) is 101 Å². The highest BCUT2D eigenvalue weighted by Crippen LogP contribution is 2.18. The van der Waals surface area contributed by atoms with Gasteiger partial charge in [0.1, 0.15) is 18.0 Å². The molecular weight excluding hydrogens is 440 g/mol. The Balaban J connectivity index is 1.39. The van der Waals surface area contributed by atoms with Crippen LogP contribution in [0.3, 0.4) is 0 Å². The van der Waals surface area contributed by atoms with Crippen molar-refractivity contribution in [1.82, 2.24) is 20.0 Å². The zero-order valence-corrected chi connectivity index (χ0v) is 18.8. The number of benzene rings is 2. The van der Waals surface area contributed by atoms with Gasteiger partial charge in [0.25, 0.3) is 0 Å². The number of pyridine rings is 1. The van der Waals surface area contributed by atoms with Crippen LogP contribution in [0.2, 0.25) is 5.02 Å². The topological polar surface area (TPSA) is 84.7 Å². The quantitative estimate of drug-likeness (QED) is 0.408. The van der Waals surface area contributed by atoms with Crippen molar-refractivity contribution < 1.29 is 14.3 Å². The highest BCUT2D eigenvalue weighted by atomic mass is 35.5. The van der Waals surface area contributed by atoms with Gasteiger partial charge >= 0.3 is 11.8 Å². The maximum Gasteiger partial charge on any atom is 0.309 e. The van der Waals surface area contributed by atoms with E-state index in [4.69, 9.17) is 16.3 Å². The Morgan fingerprint density at radius 1 is 1.03 bits per heavy atom. The zero-order valence-electron chi connectivity index (χ0n) is 18.0. The number of halogens is 1. The molecule has 0 radical (unpaired) electrons. The van der Waals surface area contributed by atoms with Gasteiger partial charge in [-0.2, -0.15) is 0 Å². The molecule has 2 N–H and O–H groups in total. The number of ether oxygens (including phenoxy) is 1. The molecule has 4 rings (SSSR count). The Morgan fingerprint density at radius 2 is 1.73 bits per heavy atom. The molecule has 0 aliphatic carbocycles. The summed E-state index contributed by atoms with van der Waals surface area (Å²) >= 11 is 6.08. The number of imidazole rings is 1. The Bertz CT molecular complexity index is 1260. The van der Waals surface area contributed by atoms with Crippen LogP contribution >= 0.6 is 11.6 Å². The normalized spacial score (nSPS) is 11.7. The van der Waals surface area contributed by atoms with Crippen LogP contribution in [0.1, 0.15) is 22.9 Å². The lowest BCUT2D eigenvalue weighted by Gasteiger charge is -2.19. The summed E-state index contributed by atoms with van der Waals surface area (Å²) < 4.78 is 7.61. The SMILES string of the molecule is Cc1cc(Cl)cn2cc(CNC(=O)C(=O)NC(COc3ccccc3)c3ccccc3)nc12. The molecule has 2 aromatic carbocycles. The van der Waals surface area contributed by atoms with Gasteiger partial charge in [-0.3, -0.25) is 9.59 Å². The minimum Gasteiger partial charge on any atom is -0.491 e. The van der Waals surface area contributed by atoms with Gasteiger partial charge in [0.2, 0.25) is 0 Å². The number of hydrogen-bond donors (Lipinski definition) is 2. The van der Waals surface area contributed by atoms with E-state index in [0.717, 1.165) is 16.8 Å². The number of aromatic nitrogens is 2. The molecule has 0 fully saturated rings. The van der Waals surface area contributed by atoms with E-state index in [1.807, 2.05) is 73.7 Å². The lowest BCUT2D eigenvalue weighted by molar-refractivity contribution is -0.139. The van der Waals surface area contributed by atoms with Gasteiger partial charge in [-0.1, -0.05) is 60.1 Å². The molecule has 0 aliphatic heterocycles. The lowest BCUT2D eigenvalue weighted by atomic mass is 10.1. The second kappa shape index (κ2) is 10.2. The Kier molecular flexibility index (Phi) is 6.90. The number of amides is 2. The van der Waals surface area contributed by atoms with E-state index in [2.05, 4.69) is 15.6 Å². The number of carbonyl (C=O) groups is 2. The first-order chi connectivity index (χ1) is 16.0. The summed E-state index contributed by atoms with van der Waals surface area (Å²) in [6.45, 7) is 2.20. The number of rotatable bonds is 7. The van der Waals surface area contributed by atoms with Gasteiger partial charge in [-0.25, -0.2) is 4.98 Å². The number of nitrogens with zero attached hydrogens (tertiary/aromatic N) is 2. The van der Waals surface area contributed by atoms with Gasteiger partial charge in [-0.05, 0) is 36.2 Å². The van der Waals surface area contributed by atoms with Crippen molar-refractivity contribution in [2.75, 3.05) is 6.61 Å². The van der Waals surface area contributed by atoms with Crippen LogP contribution < -0.4 is 15.4 Å². The molecule has 0 saturated heterocycles. The standard InChI is InChI=1S/C25H23ClN4O3/c1-17-12-19(26)14-30-15-20(28-23(17)30)13-27-24(31)25(32)29-22(18-8-4-2-5-9-18)16-33-21-10-6-3-7-11-21/h2-12,14-15,22H,13,16H2,1H3,(H,27,31)(H,29,32). The molecule has 0 bridgehead atoms. The first-order valence-corrected chi connectivity index (χ1v) is 10.8. The van der Waals surface area contributed by atoms with Crippen molar-refractivity contribution in [1.29, 1.82) is 0 Å². The molecule has 1 unspecified atom stereocenters. The fourth-order valence-electron chi connectivity index (χ4n) is 3.44. The molecule has 8 heteroatoms. The van der Waals surface area contributed by atoms with E-state index in [0.29, 0.717) is 16.5 Å². The summed E-state index contributed by atoms with van der Waals surface area (Å²) in [7, 11) is 0. The van der Waals surface area contributed by atoms with E-state index < -0.39 is 17.9 Å². The predicted molar refractivity (Wildman–Crippen MR) is 126 cm³/mol. The molecule has 0 saturated carbocycles. The van der Waals surface area contributed by atoms with Gasteiger partial charge in [-0.15, -0.1) is 0 Å². The molecule has 4 aromatic rings. The molecule has 0 spiro atoms. The molecule has 168 valence electrons. The number of nitrogens with one attached hydrogen (secondary N) is 2. The first kappa shape index (κ1) is 22.4. The van der Waals surface area contributed by atoms with Gasteiger partial charge < -0.3 is 19.8 Å². The van der Waals surface area contributed by atoms with Crippen LogP contribution in [-0.2, 0) is 16.1 Å². The van der Waals surface area contributed by atoms with Crippen LogP contribution in [0.25, 0.3) is 5.65 Å². The van der Waals surface area contributed by atoms with Crippen LogP contribution in [0, 0.1) is 6.92 Å². The van der Waals surface area contributed by atoms with Crippen LogP contribution in [0.5, 0.6) is 5.75 Å². The molecule has 2 aromatic heterocycles. The van der Waals surface area contributed by atoms with Crippen molar-refractivity contribution in [3.63, 3.8) is 0 Å². The molecule has 2 heterocycles. The lowest BCUT2D eigenvalue weighted by Crippen LogP contribution is -2.42. The second-order valence-corrected chi connectivity index (χ2v) is 7.98. The number of carbonyl (C=O) groups excluding carboxylic acids is 2. The van der Waals surface area contributed by atoms with E-state index in [1.54, 1.807) is 16.8 Å². The summed E-state index contributed by atoms with van der Waals surface area (Å²) in [6.07, 6.45) is 3.51. The molecule has 7 nitrogen and oxygen atoms in total. The maximum atomic E-state index is 12.6. The van der Waals surface area contributed by atoms with Crippen molar-refractivity contribution >= 4 is 29.1 Å². The highest BCUT2D eigenvalue weighted by Gasteiger charge is 2.21. The van der Waals surface area contributed by atoms with Crippen molar-refractivity contribution in [2.24, 2.45) is 0 Å². The monoisotopic (exact) mass is 462 g/mol. The Morgan fingerprint density at radius 3 is 2.45 bits per heavy atom. The third kappa shape index (κ3) is 5.70. The Hall–Kier alpha value is -3.84. The van der Waals surface area contributed by atoms with E-state index in [9.17, 15) is 9.59 Å². The van der Waals surface area contributed by atoms with Crippen LogP contribution in [-0.4, -0.2) is 27.8 Å². The first-order valence-electron chi connectivity index (χ1n) is 10.4. The number of aryl methyl sites for hydroxylation is 1. The number of hydrogen-bond acceptors (Lipinski definition) is 4. The average molecular weight is 463 g/mol. The fraction of sp³-hybridized carbons (Fsp3) is 0.160. The summed E-state index contributed by atoms with van der Waals surface area (Å²) in [5.41, 5.74) is 3.12. The van der Waals surface area contributed by atoms with Crippen molar-refractivity contribution in [3.8, 4) is 5.75 Å². The summed E-state index contributed by atoms with van der Waals surface area (Å²) in [5.74, 6) is -0.815. The van der Waals surface area contributed by atoms with Crippen molar-refractivity contribution in [2.45, 2.75) is 19.5 Å². The maximum absolute atomic E-state index is 12.6. The molecule has 33 heavy (non-hydrogen) atoms. The van der Waals surface area contributed by atoms with Crippen LogP contribution in [0.15, 0.2) is 79.1 Å². The summed E-state index contributed by atoms with van der Waals surface area (Å²) in [4.78, 5) is 29.6. The average Bonchev–Trinajstić information content (AvgIpc) is 3.24. The molecular formula is C25H23ClN4O3. The second-order valence-electron chi connectivity index (χ2n) is 7.55. The Labute approximate surface area is 196 Å². The molecule has 2 amide bonds. The van der Waals surface area contributed by atoms with Gasteiger partial charge in [0.15, 0.2) is 0 Å². The van der Waals surface area contributed by atoms with Crippen LogP contribution in [0.4, 0.5) is 0 Å². The third-order valence-corrected chi connectivity index (χ3v) is 5.26. The number of fused-ring (bicyclic) bond motifs is 1. The minimum atomic E-state index is -0.748. The highest BCUT2D eigenvalue weighted by molar-refractivity contribution is 6.35. The van der Waals surface area contributed by atoms with Gasteiger partial charge in [0.05, 0.1) is 23.3 Å².